The average molecular weight is 464 g/mol. The van der Waals surface area contributed by atoms with Crippen LogP contribution < -0.4 is 9.46 Å². The van der Waals surface area contributed by atoms with E-state index in [1.165, 1.54) is 0 Å². The molecule has 0 aliphatic carbocycles. The van der Waals surface area contributed by atoms with Gasteiger partial charge in [-0.05, 0) is 55.7 Å². The summed E-state index contributed by atoms with van der Waals surface area (Å²) in [5.41, 5.74) is 2.93. The monoisotopic (exact) mass is 463 g/mol. The van der Waals surface area contributed by atoms with E-state index in [9.17, 15) is 8.42 Å². The van der Waals surface area contributed by atoms with Crippen LogP contribution in [0.4, 0.5) is 0 Å². The Bertz CT molecular complexity index is 1340. The zero-order valence-electron chi connectivity index (χ0n) is 19.2. The molecule has 0 radical (unpaired) electrons. The van der Waals surface area contributed by atoms with Gasteiger partial charge in [0.05, 0.1) is 23.7 Å². The van der Waals surface area contributed by atoms with E-state index in [-0.39, 0.29) is 5.75 Å². The molecule has 33 heavy (non-hydrogen) atoms. The number of aryl methyl sites for hydroxylation is 2. The van der Waals surface area contributed by atoms with Crippen molar-refractivity contribution in [2.24, 2.45) is 0 Å². The quantitative estimate of drug-likeness (QED) is 0.362. The number of hydrogen-bond donors (Lipinski definition) is 1. The van der Waals surface area contributed by atoms with Gasteiger partial charge in [0.25, 0.3) is 0 Å². The Hall–Kier alpha value is -3.16. The molecule has 3 aromatic carbocycles. The molecule has 0 aliphatic rings. The average Bonchev–Trinajstić information content (AvgIpc) is 3.21. The number of nitrogens with zero attached hydrogens (tertiary/aromatic N) is 2. The van der Waals surface area contributed by atoms with Crippen LogP contribution in [0.5, 0.6) is 11.8 Å². The predicted molar refractivity (Wildman–Crippen MR) is 132 cm³/mol. The summed E-state index contributed by atoms with van der Waals surface area (Å²) in [4.78, 5) is 4.39. The van der Waals surface area contributed by atoms with Gasteiger partial charge in [-0.1, -0.05) is 60.2 Å². The van der Waals surface area contributed by atoms with E-state index in [0.29, 0.717) is 24.7 Å². The van der Waals surface area contributed by atoms with Crippen molar-refractivity contribution in [2.45, 2.75) is 39.8 Å². The zero-order valence-corrected chi connectivity index (χ0v) is 20.0. The van der Waals surface area contributed by atoms with E-state index in [2.05, 4.69) is 9.71 Å². The highest BCUT2D eigenvalue weighted by Crippen LogP contribution is 2.25. The number of aromatic nitrogens is 2. The van der Waals surface area contributed by atoms with Gasteiger partial charge in [0.15, 0.2) is 0 Å². The van der Waals surface area contributed by atoms with Crippen LogP contribution in [0.25, 0.3) is 10.8 Å². The summed E-state index contributed by atoms with van der Waals surface area (Å²) in [5, 5.41) is 2.20. The van der Waals surface area contributed by atoms with Crippen LogP contribution in [0.15, 0.2) is 72.9 Å². The first-order valence-electron chi connectivity index (χ1n) is 11.1. The highest BCUT2D eigenvalue weighted by atomic mass is 32.2. The van der Waals surface area contributed by atoms with Crippen molar-refractivity contribution in [3.05, 3.63) is 89.7 Å². The molecular formula is C26H29N3O3S. The third-order valence-corrected chi connectivity index (χ3v) is 7.17. The van der Waals surface area contributed by atoms with Crippen LogP contribution in [0.2, 0.25) is 0 Å². The van der Waals surface area contributed by atoms with Crippen molar-refractivity contribution in [1.82, 2.24) is 14.3 Å². The zero-order chi connectivity index (χ0) is 23.4. The summed E-state index contributed by atoms with van der Waals surface area (Å²) < 4.78 is 36.4. The standard InChI is InChI=1S/C26H29N3O3S/c1-4-29-25(18-27-26(29)32-23-14-12-19(2)13-15-23)20(3)28-33(30,31)17-16-22-10-7-9-21-8-5-6-11-24(21)22/h5-15,18,20,28H,4,16-17H2,1-3H3. The van der Waals surface area contributed by atoms with Gasteiger partial charge >= 0.3 is 6.01 Å². The third kappa shape index (κ3) is 5.43. The molecule has 0 spiro atoms. The summed E-state index contributed by atoms with van der Waals surface area (Å²) in [7, 11) is -3.51. The highest BCUT2D eigenvalue weighted by Gasteiger charge is 2.21. The molecule has 7 heteroatoms. The predicted octanol–water partition coefficient (Wildman–Crippen LogP) is 5.38. The molecule has 0 saturated heterocycles. The second-order valence-electron chi connectivity index (χ2n) is 8.17. The maximum absolute atomic E-state index is 12.9. The Morgan fingerprint density at radius 1 is 1.03 bits per heavy atom. The molecule has 0 aliphatic heterocycles. The van der Waals surface area contributed by atoms with E-state index < -0.39 is 16.1 Å². The first-order chi connectivity index (χ1) is 15.9. The lowest BCUT2D eigenvalue weighted by Gasteiger charge is -2.17. The Morgan fingerprint density at radius 3 is 2.52 bits per heavy atom. The molecule has 1 aromatic heterocycles. The van der Waals surface area contributed by atoms with Crippen LogP contribution in [0.1, 0.15) is 36.7 Å². The maximum Gasteiger partial charge on any atom is 0.302 e. The van der Waals surface area contributed by atoms with Gasteiger partial charge in [0.1, 0.15) is 5.75 Å². The lowest BCUT2D eigenvalue weighted by molar-refractivity contribution is 0.408. The summed E-state index contributed by atoms with van der Waals surface area (Å²) in [6, 6.07) is 21.8. The fraction of sp³-hybridized carbons (Fsp3) is 0.269. The first kappa shape index (κ1) is 23.0. The minimum Gasteiger partial charge on any atom is -0.426 e. The van der Waals surface area contributed by atoms with Crippen molar-refractivity contribution >= 4 is 20.8 Å². The number of benzene rings is 3. The SMILES string of the molecule is CCn1c(C(C)NS(=O)(=O)CCc2cccc3ccccc23)cnc1Oc1ccc(C)cc1. The van der Waals surface area contributed by atoms with Gasteiger partial charge < -0.3 is 4.74 Å². The number of fused-ring (bicyclic) bond motifs is 1. The lowest BCUT2D eigenvalue weighted by Crippen LogP contribution is -2.31. The van der Waals surface area contributed by atoms with Gasteiger partial charge in [-0.3, -0.25) is 4.57 Å². The van der Waals surface area contributed by atoms with Crippen molar-refractivity contribution in [3.63, 3.8) is 0 Å². The first-order valence-corrected chi connectivity index (χ1v) is 12.8. The largest absolute Gasteiger partial charge is 0.426 e. The van der Waals surface area contributed by atoms with Crippen LogP contribution in [-0.4, -0.2) is 23.7 Å². The second kappa shape index (κ2) is 9.77. The lowest BCUT2D eigenvalue weighted by atomic mass is 10.0. The number of nitrogens with one attached hydrogen (secondary N) is 1. The smallest absolute Gasteiger partial charge is 0.302 e. The number of rotatable bonds is 9. The van der Waals surface area contributed by atoms with E-state index in [1.807, 2.05) is 92.1 Å². The van der Waals surface area contributed by atoms with Crippen LogP contribution in [0.3, 0.4) is 0 Å². The van der Waals surface area contributed by atoms with Crippen molar-refractivity contribution in [2.75, 3.05) is 5.75 Å². The Morgan fingerprint density at radius 2 is 1.76 bits per heavy atom. The Balaban J connectivity index is 1.46. The molecule has 1 atom stereocenters. The highest BCUT2D eigenvalue weighted by molar-refractivity contribution is 7.89. The third-order valence-electron chi connectivity index (χ3n) is 5.72. The summed E-state index contributed by atoms with van der Waals surface area (Å²) >= 11 is 0. The normalized spacial score (nSPS) is 12.7. The number of imidazole rings is 1. The van der Waals surface area contributed by atoms with E-state index in [0.717, 1.165) is 27.6 Å². The molecule has 172 valence electrons. The maximum atomic E-state index is 12.9. The molecule has 1 N–H and O–H groups in total. The minimum absolute atomic E-state index is 0.0122. The van der Waals surface area contributed by atoms with Crippen molar-refractivity contribution in [1.29, 1.82) is 0 Å². The van der Waals surface area contributed by atoms with Gasteiger partial charge in [-0.2, -0.15) is 0 Å². The Labute approximate surface area is 195 Å². The summed E-state index contributed by atoms with van der Waals surface area (Å²) in [6.45, 7) is 6.44. The van der Waals surface area contributed by atoms with Crippen LogP contribution in [0, 0.1) is 6.92 Å². The van der Waals surface area contributed by atoms with E-state index in [4.69, 9.17) is 4.74 Å². The van der Waals surface area contributed by atoms with Crippen LogP contribution in [-0.2, 0) is 23.0 Å². The van der Waals surface area contributed by atoms with Crippen LogP contribution >= 0.6 is 0 Å². The minimum atomic E-state index is -3.51. The number of hydrogen-bond acceptors (Lipinski definition) is 4. The molecule has 0 amide bonds. The molecule has 0 bridgehead atoms. The molecule has 6 nitrogen and oxygen atoms in total. The van der Waals surface area contributed by atoms with E-state index >= 15 is 0 Å². The fourth-order valence-corrected chi connectivity index (χ4v) is 5.24. The van der Waals surface area contributed by atoms with Gasteiger partial charge in [0, 0.05) is 6.54 Å². The summed E-state index contributed by atoms with van der Waals surface area (Å²) in [5.74, 6) is 0.703. The molecule has 1 unspecified atom stereocenters. The summed E-state index contributed by atoms with van der Waals surface area (Å²) in [6.07, 6.45) is 2.11. The Kier molecular flexibility index (Phi) is 6.81. The number of ether oxygens (including phenoxy) is 1. The molecule has 4 aromatic rings. The van der Waals surface area contributed by atoms with Crippen molar-refractivity contribution in [3.8, 4) is 11.8 Å². The topological polar surface area (TPSA) is 73.2 Å². The molecule has 4 rings (SSSR count). The van der Waals surface area contributed by atoms with Gasteiger partial charge in [-0.15, -0.1) is 0 Å². The van der Waals surface area contributed by atoms with Gasteiger partial charge in [0.2, 0.25) is 10.0 Å². The molecule has 0 fully saturated rings. The molecular weight excluding hydrogens is 434 g/mol. The number of sulfonamides is 1. The molecule has 0 saturated carbocycles. The van der Waals surface area contributed by atoms with Gasteiger partial charge in [-0.25, -0.2) is 18.1 Å². The van der Waals surface area contributed by atoms with Crippen molar-refractivity contribution < 1.29 is 13.2 Å². The fourth-order valence-electron chi connectivity index (χ4n) is 3.97. The second-order valence-corrected chi connectivity index (χ2v) is 10.0. The van der Waals surface area contributed by atoms with E-state index in [1.54, 1.807) is 6.20 Å². The molecule has 1 heterocycles.